The second-order valence-electron chi connectivity index (χ2n) is 4.11. The van der Waals surface area contributed by atoms with Gasteiger partial charge in [0.1, 0.15) is 11.5 Å². The Bertz CT molecular complexity index is 485. The summed E-state index contributed by atoms with van der Waals surface area (Å²) in [5.41, 5.74) is 1.40. The fraction of sp³-hybridized carbons (Fsp3) is 0.385. The number of halogens is 1. The first-order valence-electron chi connectivity index (χ1n) is 5.47. The van der Waals surface area contributed by atoms with Crippen LogP contribution in [0.15, 0.2) is 12.1 Å². The summed E-state index contributed by atoms with van der Waals surface area (Å²) >= 11 is 5.97. The summed E-state index contributed by atoms with van der Waals surface area (Å²) in [7, 11) is 3.13. The van der Waals surface area contributed by atoms with Gasteiger partial charge in [0.25, 0.3) is 0 Å². The lowest BCUT2D eigenvalue weighted by atomic mass is 10.1. The molecule has 1 aromatic rings. The van der Waals surface area contributed by atoms with Crippen LogP contribution in [0, 0.1) is 6.92 Å². The summed E-state index contributed by atoms with van der Waals surface area (Å²) in [6, 6.07) is 3.40. The molecule has 5 heteroatoms. The van der Waals surface area contributed by atoms with Gasteiger partial charge in [-0.05, 0) is 31.5 Å². The van der Waals surface area contributed by atoms with E-state index >= 15 is 0 Å². The summed E-state index contributed by atoms with van der Waals surface area (Å²) in [5.74, 6) is 0.117. The molecule has 0 aliphatic rings. The van der Waals surface area contributed by atoms with Gasteiger partial charge in [0.15, 0.2) is 0 Å². The summed E-state index contributed by atoms with van der Waals surface area (Å²) in [6.45, 7) is 3.23. The van der Waals surface area contributed by atoms with E-state index in [0.29, 0.717) is 16.5 Å². The molecule has 0 radical (unpaired) electrons. The zero-order valence-corrected chi connectivity index (χ0v) is 11.7. The van der Waals surface area contributed by atoms with E-state index in [1.54, 1.807) is 19.2 Å². The highest BCUT2D eigenvalue weighted by Crippen LogP contribution is 2.34. The van der Waals surface area contributed by atoms with Gasteiger partial charge < -0.3 is 9.64 Å². The van der Waals surface area contributed by atoms with Crippen LogP contribution in [0.4, 0.5) is 5.69 Å². The number of aryl methyl sites for hydroxylation is 1. The second kappa shape index (κ2) is 5.87. The predicted octanol–water partition coefficient (Wildman–Crippen LogP) is 2.60. The van der Waals surface area contributed by atoms with Crippen molar-refractivity contribution in [1.82, 2.24) is 0 Å². The van der Waals surface area contributed by atoms with Crippen molar-refractivity contribution >= 4 is 29.0 Å². The van der Waals surface area contributed by atoms with Crippen molar-refractivity contribution in [2.45, 2.75) is 20.3 Å². The lowest BCUT2D eigenvalue weighted by Gasteiger charge is -2.21. The van der Waals surface area contributed by atoms with Crippen LogP contribution in [0.1, 0.15) is 18.9 Å². The first-order valence-corrected chi connectivity index (χ1v) is 5.84. The van der Waals surface area contributed by atoms with Crippen LogP contribution >= 0.6 is 11.6 Å². The van der Waals surface area contributed by atoms with Crippen LogP contribution in [0.2, 0.25) is 5.02 Å². The van der Waals surface area contributed by atoms with Crippen LogP contribution in [-0.4, -0.2) is 25.8 Å². The third kappa shape index (κ3) is 3.23. The summed E-state index contributed by atoms with van der Waals surface area (Å²) in [5, 5.41) is 0.519. The molecule has 0 aliphatic carbocycles. The maximum absolute atomic E-state index is 11.9. The van der Waals surface area contributed by atoms with E-state index in [2.05, 4.69) is 0 Å². The van der Waals surface area contributed by atoms with Gasteiger partial charge in [-0.3, -0.25) is 9.59 Å². The molecule has 0 aliphatic heterocycles. The Hall–Kier alpha value is -1.55. The summed E-state index contributed by atoms with van der Waals surface area (Å²) in [4.78, 5) is 24.2. The largest absolute Gasteiger partial charge is 0.494 e. The second-order valence-corrected chi connectivity index (χ2v) is 4.54. The van der Waals surface area contributed by atoms with Crippen molar-refractivity contribution in [2.75, 3.05) is 19.1 Å². The number of hydrogen-bond donors (Lipinski definition) is 0. The first-order chi connectivity index (χ1) is 8.36. The molecule has 0 aromatic heterocycles. The van der Waals surface area contributed by atoms with Crippen LogP contribution < -0.4 is 9.64 Å². The minimum atomic E-state index is -0.289. The van der Waals surface area contributed by atoms with E-state index < -0.39 is 0 Å². The number of benzene rings is 1. The van der Waals surface area contributed by atoms with Crippen LogP contribution in [0.25, 0.3) is 0 Å². The number of carbonyl (C=O) groups is 2. The molecule has 0 fully saturated rings. The summed E-state index contributed by atoms with van der Waals surface area (Å²) in [6.07, 6.45) is -0.134. The molecule has 0 heterocycles. The van der Waals surface area contributed by atoms with Crippen molar-refractivity contribution in [3.63, 3.8) is 0 Å². The quantitative estimate of drug-likeness (QED) is 0.790. The first kappa shape index (κ1) is 14.5. The van der Waals surface area contributed by atoms with Crippen molar-refractivity contribution < 1.29 is 14.3 Å². The van der Waals surface area contributed by atoms with Gasteiger partial charge in [-0.2, -0.15) is 0 Å². The number of ether oxygens (including phenoxy) is 1. The minimum absolute atomic E-state index is 0.134. The molecule has 0 bridgehead atoms. The number of carbonyl (C=O) groups excluding carboxylic acids is 2. The SMILES string of the molecule is COc1c(C)cc(Cl)cc1N(C)C(=O)CC(C)=O. The van der Waals surface area contributed by atoms with Crippen molar-refractivity contribution in [3.8, 4) is 5.75 Å². The van der Waals surface area contributed by atoms with E-state index in [9.17, 15) is 9.59 Å². The minimum Gasteiger partial charge on any atom is -0.494 e. The van der Waals surface area contributed by atoms with Gasteiger partial charge in [0, 0.05) is 12.1 Å². The fourth-order valence-corrected chi connectivity index (χ4v) is 1.96. The Morgan fingerprint density at radius 3 is 2.50 bits per heavy atom. The summed E-state index contributed by atoms with van der Waals surface area (Å²) < 4.78 is 5.27. The van der Waals surface area contributed by atoms with E-state index in [1.807, 2.05) is 6.92 Å². The number of hydrogen-bond acceptors (Lipinski definition) is 3. The number of Topliss-reactive ketones (excluding diaryl/α,β-unsaturated/α-hetero) is 1. The smallest absolute Gasteiger partial charge is 0.234 e. The van der Waals surface area contributed by atoms with Gasteiger partial charge in [-0.25, -0.2) is 0 Å². The maximum Gasteiger partial charge on any atom is 0.234 e. The standard InChI is InChI=1S/C13H16ClNO3/c1-8-5-10(14)7-11(13(8)18-4)15(3)12(17)6-9(2)16/h5,7H,6H2,1-4H3. The Morgan fingerprint density at radius 2 is 2.00 bits per heavy atom. The Kier molecular flexibility index (Phi) is 4.73. The zero-order chi connectivity index (χ0) is 13.9. The lowest BCUT2D eigenvalue weighted by Crippen LogP contribution is -2.28. The van der Waals surface area contributed by atoms with E-state index in [1.165, 1.54) is 18.9 Å². The third-order valence-corrected chi connectivity index (χ3v) is 2.78. The highest BCUT2D eigenvalue weighted by Gasteiger charge is 2.18. The number of rotatable bonds is 4. The van der Waals surface area contributed by atoms with Crippen molar-refractivity contribution in [3.05, 3.63) is 22.7 Å². The zero-order valence-electron chi connectivity index (χ0n) is 10.9. The molecule has 0 saturated carbocycles. The molecule has 0 spiro atoms. The Morgan fingerprint density at radius 1 is 1.39 bits per heavy atom. The molecule has 0 N–H and O–H groups in total. The number of methoxy groups -OCH3 is 1. The average molecular weight is 270 g/mol. The Labute approximate surface area is 111 Å². The molecule has 18 heavy (non-hydrogen) atoms. The molecular formula is C13H16ClNO3. The number of ketones is 1. The highest BCUT2D eigenvalue weighted by molar-refractivity contribution is 6.31. The predicted molar refractivity (Wildman–Crippen MR) is 71.4 cm³/mol. The van der Waals surface area contributed by atoms with Crippen molar-refractivity contribution in [2.24, 2.45) is 0 Å². The van der Waals surface area contributed by atoms with Gasteiger partial charge in [-0.1, -0.05) is 11.6 Å². The molecule has 1 rings (SSSR count). The van der Waals surface area contributed by atoms with E-state index in [0.717, 1.165) is 5.56 Å². The molecular weight excluding hydrogens is 254 g/mol. The Balaban J connectivity index is 3.15. The maximum atomic E-state index is 11.9. The highest BCUT2D eigenvalue weighted by atomic mass is 35.5. The topological polar surface area (TPSA) is 46.6 Å². The van der Waals surface area contributed by atoms with E-state index in [4.69, 9.17) is 16.3 Å². The fourth-order valence-electron chi connectivity index (χ4n) is 1.69. The van der Waals surface area contributed by atoms with Crippen LogP contribution in [-0.2, 0) is 9.59 Å². The van der Waals surface area contributed by atoms with Crippen LogP contribution in [0.5, 0.6) is 5.75 Å². The van der Waals surface area contributed by atoms with Gasteiger partial charge in [0.05, 0.1) is 19.2 Å². The molecule has 0 unspecified atom stereocenters. The number of anilines is 1. The molecule has 1 aromatic carbocycles. The average Bonchev–Trinajstić information content (AvgIpc) is 2.26. The van der Waals surface area contributed by atoms with E-state index in [-0.39, 0.29) is 18.1 Å². The number of amides is 1. The third-order valence-electron chi connectivity index (χ3n) is 2.56. The molecule has 0 saturated heterocycles. The molecule has 1 amide bonds. The number of nitrogens with zero attached hydrogens (tertiary/aromatic N) is 1. The monoisotopic (exact) mass is 269 g/mol. The molecule has 98 valence electrons. The van der Waals surface area contributed by atoms with Crippen molar-refractivity contribution in [1.29, 1.82) is 0 Å². The van der Waals surface area contributed by atoms with Gasteiger partial charge in [-0.15, -0.1) is 0 Å². The molecule has 4 nitrogen and oxygen atoms in total. The normalized spacial score (nSPS) is 10.1. The van der Waals surface area contributed by atoms with Crippen LogP contribution in [0.3, 0.4) is 0 Å². The molecule has 0 atom stereocenters. The lowest BCUT2D eigenvalue weighted by molar-refractivity contribution is -0.125. The van der Waals surface area contributed by atoms with Gasteiger partial charge in [0.2, 0.25) is 5.91 Å². The van der Waals surface area contributed by atoms with Gasteiger partial charge >= 0.3 is 0 Å².